The summed E-state index contributed by atoms with van der Waals surface area (Å²) >= 11 is 0. The zero-order valence-electron chi connectivity index (χ0n) is 17.8. The summed E-state index contributed by atoms with van der Waals surface area (Å²) in [7, 11) is 0. The van der Waals surface area contributed by atoms with E-state index >= 15 is 0 Å². The number of carbonyl (C=O) groups excluding carboxylic acids is 2. The van der Waals surface area contributed by atoms with Gasteiger partial charge in [-0.2, -0.15) is 0 Å². The lowest BCUT2D eigenvalue weighted by molar-refractivity contribution is -0.107. The maximum Gasteiger partial charge on any atom is 0.412 e. The molecular formula is C22H37NO5. The fourth-order valence-electron chi connectivity index (χ4n) is 2.44. The van der Waals surface area contributed by atoms with Crippen molar-refractivity contribution in [1.29, 1.82) is 0 Å². The van der Waals surface area contributed by atoms with Gasteiger partial charge in [-0.15, -0.1) is 0 Å². The normalized spacial score (nSPS) is 13.8. The van der Waals surface area contributed by atoms with Crippen molar-refractivity contribution in [3.05, 3.63) is 36.1 Å². The highest BCUT2D eigenvalue weighted by atomic mass is 16.6. The van der Waals surface area contributed by atoms with Crippen molar-refractivity contribution in [2.75, 3.05) is 13.2 Å². The molecule has 0 bridgehead atoms. The highest BCUT2D eigenvalue weighted by Crippen LogP contribution is 2.14. The van der Waals surface area contributed by atoms with Gasteiger partial charge in [0.2, 0.25) is 0 Å². The van der Waals surface area contributed by atoms with Crippen LogP contribution in [-0.2, 0) is 14.3 Å². The average molecular weight is 396 g/mol. The Labute approximate surface area is 169 Å². The zero-order chi connectivity index (χ0) is 21.4. The van der Waals surface area contributed by atoms with E-state index in [1.165, 1.54) is 0 Å². The highest BCUT2D eigenvalue weighted by Gasteiger charge is 2.16. The number of nitrogens with one attached hydrogen (secondary N) is 1. The first kappa shape index (κ1) is 26.1. The van der Waals surface area contributed by atoms with Gasteiger partial charge in [-0.05, 0) is 52.2 Å². The van der Waals surface area contributed by atoms with Crippen LogP contribution in [0.4, 0.5) is 4.79 Å². The van der Waals surface area contributed by atoms with Gasteiger partial charge in [0.05, 0.1) is 12.7 Å². The third-order valence-electron chi connectivity index (χ3n) is 3.73. The van der Waals surface area contributed by atoms with Gasteiger partial charge < -0.3 is 19.4 Å². The number of ether oxygens (including phenoxy) is 2. The molecule has 1 amide bonds. The topological polar surface area (TPSA) is 84.9 Å². The van der Waals surface area contributed by atoms with E-state index in [9.17, 15) is 14.7 Å². The SMILES string of the molecule is C=C/C=C(\C=C(/CC=O)CCCOC(CO)CCCC)NC(=O)OC(C)(C)C. The van der Waals surface area contributed by atoms with E-state index in [0.29, 0.717) is 18.7 Å². The number of aldehydes is 1. The first-order valence-corrected chi connectivity index (χ1v) is 9.94. The van der Waals surface area contributed by atoms with E-state index < -0.39 is 11.7 Å². The number of alkyl carbamates (subject to hydrolysis) is 1. The minimum Gasteiger partial charge on any atom is -0.444 e. The molecule has 0 saturated carbocycles. The molecular weight excluding hydrogens is 358 g/mol. The summed E-state index contributed by atoms with van der Waals surface area (Å²) in [5.41, 5.74) is 0.784. The molecule has 2 N–H and O–H groups in total. The number of allylic oxidation sites excluding steroid dienone is 4. The van der Waals surface area contributed by atoms with Crippen molar-refractivity contribution in [2.24, 2.45) is 0 Å². The van der Waals surface area contributed by atoms with E-state index in [1.54, 1.807) is 39.0 Å². The van der Waals surface area contributed by atoms with E-state index in [0.717, 1.165) is 37.5 Å². The van der Waals surface area contributed by atoms with E-state index in [4.69, 9.17) is 9.47 Å². The molecule has 0 saturated heterocycles. The second-order valence-corrected chi connectivity index (χ2v) is 7.58. The van der Waals surface area contributed by atoms with Crippen molar-refractivity contribution in [2.45, 2.75) is 77.9 Å². The summed E-state index contributed by atoms with van der Waals surface area (Å²) in [6, 6.07) is 0. The molecule has 0 aromatic heterocycles. The summed E-state index contributed by atoms with van der Waals surface area (Å²) in [5, 5.41) is 12.0. The Morgan fingerprint density at radius 3 is 2.54 bits per heavy atom. The first-order valence-electron chi connectivity index (χ1n) is 9.94. The number of aliphatic hydroxyl groups excluding tert-OH is 1. The van der Waals surface area contributed by atoms with Crippen LogP contribution in [0.2, 0.25) is 0 Å². The monoisotopic (exact) mass is 395 g/mol. The van der Waals surface area contributed by atoms with Crippen molar-refractivity contribution < 1.29 is 24.2 Å². The lowest BCUT2D eigenvalue weighted by Gasteiger charge is -2.20. The second-order valence-electron chi connectivity index (χ2n) is 7.58. The minimum absolute atomic E-state index is 0.0169. The molecule has 6 nitrogen and oxygen atoms in total. The Balaban J connectivity index is 4.79. The molecule has 0 aliphatic carbocycles. The standard InChI is InChI=1S/C22H37NO5/c1-6-8-12-20(17-25)27-15-9-11-18(13-14-24)16-19(10-7-2)23-21(26)28-22(3,4)5/h7,10,14,16,20,25H,2,6,8-9,11-13,15,17H2,1,3-5H3,(H,23,26)/b18-16-,19-10+. The molecule has 1 atom stereocenters. The van der Waals surface area contributed by atoms with Crippen LogP contribution in [0.15, 0.2) is 36.1 Å². The third-order valence-corrected chi connectivity index (χ3v) is 3.73. The summed E-state index contributed by atoms with van der Waals surface area (Å²) < 4.78 is 11.0. The number of hydrogen-bond acceptors (Lipinski definition) is 5. The fourth-order valence-corrected chi connectivity index (χ4v) is 2.44. The van der Waals surface area contributed by atoms with Gasteiger partial charge in [0.15, 0.2) is 0 Å². The van der Waals surface area contributed by atoms with Crippen LogP contribution >= 0.6 is 0 Å². The molecule has 6 heteroatoms. The predicted octanol–water partition coefficient (Wildman–Crippen LogP) is 4.44. The molecule has 0 spiro atoms. The maximum absolute atomic E-state index is 12.0. The quantitative estimate of drug-likeness (QED) is 0.258. The molecule has 160 valence electrons. The maximum atomic E-state index is 12.0. The highest BCUT2D eigenvalue weighted by molar-refractivity contribution is 5.71. The van der Waals surface area contributed by atoms with Crippen molar-refractivity contribution in [3.63, 3.8) is 0 Å². The fraction of sp³-hybridized carbons (Fsp3) is 0.636. The van der Waals surface area contributed by atoms with Crippen LogP contribution in [-0.4, -0.2) is 42.4 Å². The lowest BCUT2D eigenvalue weighted by Crippen LogP contribution is -2.31. The molecule has 0 radical (unpaired) electrons. The largest absolute Gasteiger partial charge is 0.444 e. The zero-order valence-corrected chi connectivity index (χ0v) is 17.8. The molecule has 0 aliphatic rings. The lowest BCUT2D eigenvalue weighted by atomic mass is 10.1. The van der Waals surface area contributed by atoms with Crippen LogP contribution in [0.1, 0.15) is 66.2 Å². The molecule has 0 aromatic rings. The van der Waals surface area contributed by atoms with Crippen molar-refractivity contribution >= 4 is 12.4 Å². The Morgan fingerprint density at radius 1 is 1.29 bits per heavy atom. The van der Waals surface area contributed by atoms with Crippen LogP contribution in [0.3, 0.4) is 0 Å². The summed E-state index contributed by atoms with van der Waals surface area (Å²) in [6.45, 7) is 11.6. The van der Waals surface area contributed by atoms with Gasteiger partial charge in [-0.25, -0.2) is 4.79 Å². The molecule has 0 rings (SSSR count). The van der Waals surface area contributed by atoms with Crippen LogP contribution in [0, 0.1) is 0 Å². The molecule has 0 fully saturated rings. The Bertz CT molecular complexity index is 532. The van der Waals surface area contributed by atoms with E-state index in [-0.39, 0.29) is 19.1 Å². The molecule has 0 aromatic carbocycles. The summed E-state index contributed by atoms with van der Waals surface area (Å²) in [6.07, 6.45) is 9.68. The van der Waals surface area contributed by atoms with Gasteiger partial charge in [-0.1, -0.05) is 38.0 Å². The number of aliphatic hydroxyl groups is 1. The number of unbranched alkanes of at least 4 members (excludes halogenated alkanes) is 1. The van der Waals surface area contributed by atoms with Crippen molar-refractivity contribution in [1.82, 2.24) is 5.32 Å². The minimum atomic E-state index is -0.600. The predicted molar refractivity (Wildman–Crippen MR) is 112 cm³/mol. The van der Waals surface area contributed by atoms with Gasteiger partial charge in [-0.3, -0.25) is 5.32 Å². The first-order chi connectivity index (χ1) is 13.3. The smallest absolute Gasteiger partial charge is 0.412 e. The third kappa shape index (κ3) is 14.2. The molecule has 0 aliphatic heterocycles. The van der Waals surface area contributed by atoms with E-state index in [2.05, 4.69) is 18.8 Å². The molecule has 28 heavy (non-hydrogen) atoms. The number of rotatable bonds is 14. The van der Waals surface area contributed by atoms with Crippen molar-refractivity contribution in [3.8, 4) is 0 Å². The van der Waals surface area contributed by atoms with Crippen LogP contribution in [0.25, 0.3) is 0 Å². The second kappa shape index (κ2) is 15.1. The Hall–Kier alpha value is -1.92. The molecule has 1 unspecified atom stereocenters. The number of carbonyl (C=O) groups is 2. The number of hydrogen-bond donors (Lipinski definition) is 2. The van der Waals surface area contributed by atoms with Gasteiger partial charge in [0.1, 0.15) is 11.9 Å². The summed E-state index contributed by atoms with van der Waals surface area (Å²) in [5.74, 6) is 0. The summed E-state index contributed by atoms with van der Waals surface area (Å²) in [4.78, 5) is 23.0. The molecule has 0 heterocycles. The van der Waals surface area contributed by atoms with Crippen LogP contribution < -0.4 is 5.32 Å². The van der Waals surface area contributed by atoms with Gasteiger partial charge in [0.25, 0.3) is 0 Å². The number of amides is 1. The average Bonchev–Trinajstić information content (AvgIpc) is 2.59. The Kier molecular flexibility index (Phi) is 14.0. The van der Waals surface area contributed by atoms with Crippen LogP contribution in [0.5, 0.6) is 0 Å². The van der Waals surface area contributed by atoms with Gasteiger partial charge >= 0.3 is 6.09 Å². The van der Waals surface area contributed by atoms with E-state index in [1.807, 2.05) is 0 Å². The Morgan fingerprint density at radius 2 is 2.00 bits per heavy atom. The van der Waals surface area contributed by atoms with Gasteiger partial charge in [0, 0.05) is 18.7 Å².